The summed E-state index contributed by atoms with van der Waals surface area (Å²) in [6, 6.07) is 0. The first-order valence-corrected chi connectivity index (χ1v) is 6.72. The summed E-state index contributed by atoms with van der Waals surface area (Å²) in [4.78, 5) is 13.7. The number of hydrogen-bond acceptors (Lipinski definition) is 4. The van der Waals surface area contributed by atoms with Crippen LogP contribution in [0, 0.1) is 5.92 Å². The van der Waals surface area contributed by atoms with Gasteiger partial charge in [0.15, 0.2) is 0 Å². The van der Waals surface area contributed by atoms with E-state index in [2.05, 4.69) is 0 Å². The van der Waals surface area contributed by atoms with Crippen LogP contribution < -0.4 is 5.73 Å². The minimum Gasteiger partial charge on any atom is -0.444 e. The van der Waals surface area contributed by atoms with Crippen LogP contribution in [0.25, 0.3) is 0 Å². The predicted octanol–water partition coefficient (Wildman–Crippen LogP) is 1.36. The summed E-state index contributed by atoms with van der Waals surface area (Å²) in [5.41, 5.74) is 5.19. The maximum atomic E-state index is 12.0. The Labute approximate surface area is 109 Å². The molecule has 0 aromatic heterocycles. The van der Waals surface area contributed by atoms with E-state index in [0.29, 0.717) is 19.0 Å². The Morgan fingerprint density at radius 1 is 1.39 bits per heavy atom. The van der Waals surface area contributed by atoms with Crippen molar-refractivity contribution in [3.8, 4) is 0 Å². The quantitative estimate of drug-likeness (QED) is 0.769. The van der Waals surface area contributed by atoms with Gasteiger partial charge in [-0.15, -0.1) is 0 Å². The molecule has 2 rings (SSSR count). The molecule has 2 saturated heterocycles. The van der Waals surface area contributed by atoms with Crippen molar-refractivity contribution in [2.24, 2.45) is 11.7 Å². The molecule has 18 heavy (non-hydrogen) atoms. The van der Waals surface area contributed by atoms with Crippen molar-refractivity contribution < 1.29 is 14.3 Å². The number of nitrogens with two attached hydrogens (primary N) is 1. The van der Waals surface area contributed by atoms with Crippen molar-refractivity contribution in [2.75, 3.05) is 19.6 Å². The molecule has 0 aliphatic carbocycles. The highest BCUT2D eigenvalue weighted by Gasteiger charge is 2.41. The minimum atomic E-state index is -0.439. The molecule has 5 nitrogen and oxygen atoms in total. The number of carbonyl (C=O) groups excluding carboxylic acids is 1. The molecule has 0 bridgehead atoms. The van der Waals surface area contributed by atoms with Crippen molar-refractivity contribution in [1.82, 2.24) is 4.90 Å². The molecule has 0 radical (unpaired) electrons. The lowest BCUT2D eigenvalue weighted by atomic mass is 9.94. The number of carbonyl (C=O) groups is 1. The highest BCUT2D eigenvalue weighted by atomic mass is 16.6. The Balaban J connectivity index is 1.90. The second-order valence-corrected chi connectivity index (χ2v) is 6.26. The van der Waals surface area contributed by atoms with E-state index in [1.165, 1.54) is 0 Å². The van der Waals surface area contributed by atoms with Crippen LogP contribution >= 0.6 is 0 Å². The van der Waals surface area contributed by atoms with E-state index in [1.54, 1.807) is 4.90 Å². The van der Waals surface area contributed by atoms with Crippen LogP contribution in [0.4, 0.5) is 4.79 Å². The van der Waals surface area contributed by atoms with Crippen molar-refractivity contribution in [3.05, 3.63) is 0 Å². The van der Waals surface area contributed by atoms with Gasteiger partial charge in [-0.1, -0.05) is 0 Å². The summed E-state index contributed by atoms with van der Waals surface area (Å²) in [7, 11) is 0. The summed E-state index contributed by atoms with van der Waals surface area (Å²) in [5, 5.41) is 0. The zero-order valence-electron chi connectivity index (χ0n) is 11.5. The molecule has 0 saturated carbocycles. The lowest BCUT2D eigenvalue weighted by Gasteiger charge is -2.30. The number of amides is 1. The average Bonchev–Trinajstić information content (AvgIpc) is 2.69. The highest BCUT2D eigenvalue weighted by molar-refractivity contribution is 5.68. The second-order valence-electron chi connectivity index (χ2n) is 6.26. The molecule has 104 valence electrons. The Morgan fingerprint density at radius 2 is 2.11 bits per heavy atom. The molecular weight excluding hydrogens is 232 g/mol. The molecule has 0 spiro atoms. The van der Waals surface area contributed by atoms with Crippen LogP contribution in [0.1, 0.15) is 33.6 Å². The predicted molar refractivity (Wildman–Crippen MR) is 68.2 cm³/mol. The zero-order valence-corrected chi connectivity index (χ0v) is 11.5. The normalized spacial score (nSPS) is 32.2. The van der Waals surface area contributed by atoms with Crippen molar-refractivity contribution in [2.45, 2.75) is 51.4 Å². The van der Waals surface area contributed by atoms with Gasteiger partial charge in [-0.05, 0) is 33.6 Å². The standard InChI is InChI=1S/C13H24N2O3/c1-13(2,3)18-12(16)15-7-9-4-5-10(6-14)17-11(9)8-15/h9-11H,4-8,14H2,1-3H3. The molecule has 1 amide bonds. The lowest BCUT2D eigenvalue weighted by Crippen LogP contribution is -2.38. The van der Waals surface area contributed by atoms with Crippen LogP contribution in [0.3, 0.4) is 0 Å². The van der Waals surface area contributed by atoms with E-state index in [1.807, 2.05) is 20.8 Å². The molecule has 2 aliphatic rings. The van der Waals surface area contributed by atoms with E-state index in [-0.39, 0.29) is 18.3 Å². The monoisotopic (exact) mass is 256 g/mol. The van der Waals surface area contributed by atoms with E-state index in [0.717, 1.165) is 19.4 Å². The maximum absolute atomic E-state index is 12.0. The van der Waals surface area contributed by atoms with E-state index in [4.69, 9.17) is 15.2 Å². The van der Waals surface area contributed by atoms with Gasteiger partial charge in [0.2, 0.25) is 0 Å². The number of rotatable bonds is 1. The molecule has 3 atom stereocenters. The largest absolute Gasteiger partial charge is 0.444 e. The molecule has 0 aromatic carbocycles. The molecule has 2 aliphatic heterocycles. The third-order valence-corrected chi connectivity index (χ3v) is 3.52. The van der Waals surface area contributed by atoms with Crippen molar-refractivity contribution in [3.63, 3.8) is 0 Å². The first kappa shape index (κ1) is 13.6. The van der Waals surface area contributed by atoms with Gasteiger partial charge in [-0.3, -0.25) is 0 Å². The molecular formula is C13H24N2O3. The van der Waals surface area contributed by atoms with Gasteiger partial charge in [-0.2, -0.15) is 0 Å². The van der Waals surface area contributed by atoms with E-state index in [9.17, 15) is 4.79 Å². The van der Waals surface area contributed by atoms with Crippen molar-refractivity contribution in [1.29, 1.82) is 0 Å². The lowest BCUT2D eigenvalue weighted by molar-refractivity contribution is -0.0584. The minimum absolute atomic E-state index is 0.139. The average molecular weight is 256 g/mol. The number of likely N-dealkylation sites (tertiary alicyclic amines) is 1. The Bertz CT molecular complexity index is 314. The van der Waals surface area contributed by atoms with Gasteiger partial charge in [0.05, 0.1) is 18.8 Å². The summed E-state index contributed by atoms with van der Waals surface area (Å²) in [6.45, 7) is 7.60. The van der Waals surface area contributed by atoms with Crippen LogP contribution in [0.15, 0.2) is 0 Å². The molecule has 2 N–H and O–H groups in total. The fraction of sp³-hybridized carbons (Fsp3) is 0.923. The number of ether oxygens (including phenoxy) is 2. The highest BCUT2D eigenvalue weighted by Crippen LogP contribution is 2.31. The fourth-order valence-corrected chi connectivity index (χ4v) is 2.64. The van der Waals surface area contributed by atoms with Gasteiger partial charge in [0.25, 0.3) is 0 Å². The Hall–Kier alpha value is -0.810. The molecule has 2 fully saturated rings. The van der Waals surface area contributed by atoms with Gasteiger partial charge in [-0.25, -0.2) is 4.79 Å². The third kappa shape index (κ3) is 3.14. The number of fused-ring (bicyclic) bond motifs is 1. The third-order valence-electron chi connectivity index (χ3n) is 3.52. The van der Waals surface area contributed by atoms with Gasteiger partial charge < -0.3 is 20.1 Å². The van der Waals surface area contributed by atoms with Gasteiger partial charge >= 0.3 is 6.09 Å². The Kier molecular flexibility index (Phi) is 3.82. The SMILES string of the molecule is CC(C)(C)OC(=O)N1CC2CCC(CN)OC2C1. The molecule has 5 heteroatoms. The molecule has 2 heterocycles. The topological polar surface area (TPSA) is 64.8 Å². The first-order chi connectivity index (χ1) is 8.39. The van der Waals surface area contributed by atoms with E-state index < -0.39 is 5.60 Å². The zero-order chi connectivity index (χ0) is 13.3. The van der Waals surface area contributed by atoms with Gasteiger partial charge in [0.1, 0.15) is 5.60 Å². The fourth-order valence-electron chi connectivity index (χ4n) is 2.64. The smallest absolute Gasteiger partial charge is 0.410 e. The first-order valence-electron chi connectivity index (χ1n) is 6.72. The second kappa shape index (κ2) is 5.05. The summed E-state index contributed by atoms with van der Waals surface area (Å²) < 4.78 is 11.3. The van der Waals surface area contributed by atoms with Crippen LogP contribution in [0.5, 0.6) is 0 Å². The number of hydrogen-bond donors (Lipinski definition) is 1. The molecule has 3 unspecified atom stereocenters. The molecule has 0 aromatic rings. The summed E-state index contributed by atoms with van der Waals surface area (Å²) in [6.07, 6.45) is 2.15. The van der Waals surface area contributed by atoms with Gasteiger partial charge in [0, 0.05) is 19.0 Å². The number of nitrogens with zero attached hydrogens (tertiary/aromatic N) is 1. The maximum Gasteiger partial charge on any atom is 0.410 e. The van der Waals surface area contributed by atoms with E-state index >= 15 is 0 Å². The van der Waals surface area contributed by atoms with Crippen molar-refractivity contribution >= 4 is 6.09 Å². The van der Waals surface area contributed by atoms with Crippen LogP contribution in [-0.2, 0) is 9.47 Å². The summed E-state index contributed by atoms with van der Waals surface area (Å²) in [5.74, 6) is 0.445. The van der Waals surface area contributed by atoms with Crippen LogP contribution in [0.2, 0.25) is 0 Å². The van der Waals surface area contributed by atoms with Crippen LogP contribution in [-0.4, -0.2) is 48.4 Å². The Morgan fingerprint density at radius 3 is 2.72 bits per heavy atom. The summed E-state index contributed by atoms with van der Waals surface area (Å²) >= 11 is 0.